The van der Waals surface area contributed by atoms with Gasteiger partial charge < -0.3 is 9.88 Å². The van der Waals surface area contributed by atoms with Gasteiger partial charge in [-0.1, -0.05) is 12.1 Å². The van der Waals surface area contributed by atoms with Crippen molar-refractivity contribution in [3.05, 3.63) is 45.1 Å². The number of para-hydroxylation sites is 2. The molecule has 3 heterocycles. The zero-order valence-corrected chi connectivity index (χ0v) is 16.7. The minimum atomic E-state index is 0.210. The van der Waals surface area contributed by atoms with Crippen molar-refractivity contribution in [2.45, 2.75) is 19.4 Å². The van der Waals surface area contributed by atoms with Crippen molar-refractivity contribution < 1.29 is 4.79 Å². The molecule has 1 aliphatic heterocycles. The van der Waals surface area contributed by atoms with Gasteiger partial charge in [0.1, 0.15) is 5.82 Å². The summed E-state index contributed by atoms with van der Waals surface area (Å²) >= 11 is 5.01. The number of nitrogens with zero attached hydrogens (tertiary/aromatic N) is 4. The molecule has 8 heteroatoms. The maximum atomic E-state index is 12.5. The number of amides is 1. The number of hydrogen-bond acceptors (Lipinski definition) is 5. The molecule has 1 aliphatic rings. The Morgan fingerprint density at radius 3 is 2.73 bits per heavy atom. The highest BCUT2D eigenvalue weighted by molar-refractivity contribution is 9.11. The van der Waals surface area contributed by atoms with Gasteiger partial charge in [-0.3, -0.25) is 9.69 Å². The number of nitrogens with one attached hydrogen (secondary N) is 1. The van der Waals surface area contributed by atoms with E-state index in [1.54, 1.807) is 11.3 Å². The van der Waals surface area contributed by atoms with Crippen LogP contribution in [-0.4, -0.2) is 56.8 Å². The number of carbonyl (C=O) groups excluding carboxylic acids is 1. The van der Waals surface area contributed by atoms with E-state index in [0.717, 1.165) is 59.2 Å². The summed E-state index contributed by atoms with van der Waals surface area (Å²) in [5, 5.41) is 2.08. The fraction of sp³-hybridized carbons (Fsp3) is 0.389. The van der Waals surface area contributed by atoms with Crippen molar-refractivity contribution in [1.29, 1.82) is 0 Å². The number of aryl methyl sites for hydroxylation is 1. The van der Waals surface area contributed by atoms with Crippen molar-refractivity contribution >= 4 is 44.2 Å². The fourth-order valence-electron chi connectivity index (χ4n) is 3.25. The summed E-state index contributed by atoms with van der Waals surface area (Å²) in [6, 6.07) is 7.95. The highest BCUT2D eigenvalue weighted by Gasteiger charge is 2.21. The molecule has 0 saturated carbocycles. The number of rotatable bonds is 5. The van der Waals surface area contributed by atoms with E-state index in [0.29, 0.717) is 12.8 Å². The van der Waals surface area contributed by atoms with Gasteiger partial charge in [0.05, 0.1) is 16.7 Å². The number of imidazole rings is 1. The first kappa shape index (κ1) is 17.6. The molecule has 3 aromatic rings. The third-order valence-corrected chi connectivity index (χ3v) is 6.06. The van der Waals surface area contributed by atoms with Gasteiger partial charge in [0.25, 0.3) is 0 Å². The van der Waals surface area contributed by atoms with E-state index >= 15 is 0 Å². The monoisotopic (exact) mass is 433 g/mol. The SMILES string of the molecule is O=C(CCc1nc2ccccc2[nH]1)N1CCN(Cc2csc(Br)n2)CC1. The highest BCUT2D eigenvalue weighted by Crippen LogP contribution is 2.18. The van der Waals surface area contributed by atoms with Crippen LogP contribution in [0.4, 0.5) is 0 Å². The fourth-order valence-corrected chi connectivity index (χ4v) is 4.29. The molecule has 1 amide bonds. The first-order chi connectivity index (χ1) is 12.7. The van der Waals surface area contributed by atoms with E-state index in [1.165, 1.54) is 0 Å². The minimum Gasteiger partial charge on any atom is -0.342 e. The highest BCUT2D eigenvalue weighted by atomic mass is 79.9. The quantitative estimate of drug-likeness (QED) is 0.671. The molecule has 0 unspecified atom stereocenters. The van der Waals surface area contributed by atoms with E-state index < -0.39 is 0 Å². The second kappa shape index (κ2) is 7.85. The topological polar surface area (TPSA) is 65.1 Å². The molecule has 0 spiro atoms. The molecule has 1 saturated heterocycles. The molecule has 1 aromatic carbocycles. The number of benzene rings is 1. The molecule has 26 heavy (non-hydrogen) atoms. The number of aromatic nitrogens is 3. The molecule has 1 fully saturated rings. The summed E-state index contributed by atoms with van der Waals surface area (Å²) in [7, 11) is 0. The largest absolute Gasteiger partial charge is 0.342 e. The summed E-state index contributed by atoms with van der Waals surface area (Å²) in [6.07, 6.45) is 1.15. The third kappa shape index (κ3) is 4.13. The van der Waals surface area contributed by atoms with Gasteiger partial charge in [0.2, 0.25) is 5.91 Å². The number of thiazole rings is 1. The number of carbonyl (C=O) groups is 1. The van der Waals surface area contributed by atoms with E-state index in [2.05, 4.69) is 41.2 Å². The Labute approximate surface area is 164 Å². The van der Waals surface area contributed by atoms with E-state index in [4.69, 9.17) is 0 Å². The number of H-pyrrole nitrogens is 1. The maximum absolute atomic E-state index is 12.5. The summed E-state index contributed by atoms with van der Waals surface area (Å²) in [4.78, 5) is 29.1. The lowest BCUT2D eigenvalue weighted by Crippen LogP contribution is -2.48. The van der Waals surface area contributed by atoms with Crippen LogP contribution in [0, 0.1) is 0 Å². The molecule has 0 bridgehead atoms. The average molecular weight is 434 g/mol. The Morgan fingerprint density at radius 2 is 2.00 bits per heavy atom. The van der Waals surface area contributed by atoms with Crippen LogP contribution in [0.2, 0.25) is 0 Å². The Balaban J connectivity index is 1.25. The molecule has 0 radical (unpaired) electrons. The molecule has 6 nitrogen and oxygen atoms in total. The number of fused-ring (bicyclic) bond motifs is 1. The van der Waals surface area contributed by atoms with Gasteiger partial charge in [-0.25, -0.2) is 9.97 Å². The number of hydrogen-bond donors (Lipinski definition) is 1. The number of piperazine rings is 1. The lowest BCUT2D eigenvalue weighted by atomic mass is 10.2. The number of halogens is 1. The Bertz CT molecular complexity index is 867. The third-order valence-electron chi connectivity index (χ3n) is 4.65. The van der Waals surface area contributed by atoms with Gasteiger partial charge in [-0.05, 0) is 28.1 Å². The normalized spacial score (nSPS) is 15.7. The summed E-state index contributed by atoms with van der Waals surface area (Å²) in [5.74, 6) is 1.09. The summed E-state index contributed by atoms with van der Waals surface area (Å²) in [5.41, 5.74) is 3.07. The smallest absolute Gasteiger partial charge is 0.223 e. The zero-order valence-electron chi connectivity index (χ0n) is 14.3. The van der Waals surface area contributed by atoms with E-state index in [-0.39, 0.29) is 5.91 Å². The molecular weight excluding hydrogens is 414 g/mol. The van der Waals surface area contributed by atoms with Crippen LogP contribution < -0.4 is 0 Å². The molecule has 1 N–H and O–H groups in total. The van der Waals surface area contributed by atoms with Crippen molar-refractivity contribution in [3.63, 3.8) is 0 Å². The summed E-state index contributed by atoms with van der Waals surface area (Å²) < 4.78 is 0.923. The van der Waals surface area contributed by atoms with Crippen LogP contribution in [0.15, 0.2) is 33.6 Å². The molecule has 136 valence electrons. The van der Waals surface area contributed by atoms with Crippen molar-refractivity contribution in [1.82, 2.24) is 24.8 Å². The van der Waals surface area contributed by atoms with Gasteiger partial charge >= 0.3 is 0 Å². The standard InChI is InChI=1S/C18H20BrN5OS/c19-18-20-13(12-26-18)11-23-7-9-24(10-8-23)17(25)6-5-16-21-14-3-1-2-4-15(14)22-16/h1-4,12H,5-11H2,(H,21,22). The lowest BCUT2D eigenvalue weighted by molar-refractivity contribution is -0.133. The van der Waals surface area contributed by atoms with Crippen molar-refractivity contribution in [2.24, 2.45) is 0 Å². The molecular formula is C18H20BrN5OS. The van der Waals surface area contributed by atoms with Gasteiger partial charge in [0, 0.05) is 50.9 Å². The average Bonchev–Trinajstić information content (AvgIpc) is 3.25. The second-order valence-electron chi connectivity index (χ2n) is 6.45. The minimum absolute atomic E-state index is 0.210. The predicted octanol–water partition coefficient (Wildman–Crippen LogP) is 3.06. The predicted molar refractivity (Wildman–Crippen MR) is 106 cm³/mol. The second-order valence-corrected chi connectivity index (χ2v) is 8.58. The maximum Gasteiger partial charge on any atom is 0.223 e. The zero-order chi connectivity index (χ0) is 17.9. The molecule has 2 aromatic heterocycles. The van der Waals surface area contributed by atoms with Crippen LogP contribution in [0.25, 0.3) is 11.0 Å². The Morgan fingerprint density at radius 1 is 1.19 bits per heavy atom. The van der Waals surface area contributed by atoms with Gasteiger partial charge in [-0.2, -0.15) is 0 Å². The van der Waals surface area contributed by atoms with Crippen molar-refractivity contribution in [3.8, 4) is 0 Å². The van der Waals surface area contributed by atoms with Crippen LogP contribution >= 0.6 is 27.3 Å². The number of aromatic amines is 1. The molecule has 4 rings (SSSR count). The Hall–Kier alpha value is -1.77. The van der Waals surface area contributed by atoms with Crippen LogP contribution in [0.1, 0.15) is 17.9 Å². The molecule has 0 aliphatic carbocycles. The first-order valence-corrected chi connectivity index (χ1v) is 10.4. The van der Waals surface area contributed by atoms with E-state index in [1.807, 2.05) is 29.2 Å². The lowest BCUT2D eigenvalue weighted by Gasteiger charge is -2.34. The van der Waals surface area contributed by atoms with Crippen LogP contribution in [-0.2, 0) is 17.8 Å². The summed E-state index contributed by atoms with van der Waals surface area (Å²) in [6.45, 7) is 4.20. The molecule has 0 atom stereocenters. The van der Waals surface area contributed by atoms with Crippen LogP contribution in [0.5, 0.6) is 0 Å². The Kier molecular flexibility index (Phi) is 5.33. The van der Waals surface area contributed by atoms with Gasteiger partial charge in [-0.15, -0.1) is 11.3 Å². The van der Waals surface area contributed by atoms with Crippen LogP contribution in [0.3, 0.4) is 0 Å². The first-order valence-electron chi connectivity index (χ1n) is 8.71. The van der Waals surface area contributed by atoms with Crippen molar-refractivity contribution in [2.75, 3.05) is 26.2 Å². The van der Waals surface area contributed by atoms with E-state index in [9.17, 15) is 4.79 Å². The van der Waals surface area contributed by atoms with Gasteiger partial charge in [0.15, 0.2) is 3.92 Å².